The summed E-state index contributed by atoms with van der Waals surface area (Å²) in [5.74, 6) is -1.80. The minimum absolute atomic E-state index is 0.0275. The Labute approximate surface area is 173 Å². The van der Waals surface area contributed by atoms with Crippen molar-refractivity contribution in [3.8, 4) is 5.75 Å². The van der Waals surface area contributed by atoms with Gasteiger partial charge in [-0.05, 0) is 50.3 Å². The molecule has 1 heterocycles. The molecule has 0 unspecified atom stereocenters. The summed E-state index contributed by atoms with van der Waals surface area (Å²) < 4.78 is 19.0. The van der Waals surface area contributed by atoms with Crippen molar-refractivity contribution in [3.63, 3.8) is 0 Å². The van der Waals surface area contributed by atoms with Crippen LogP contribution in [0.15, 0.2) is 48.0 Å². The van der Waals surface area contributed by atoms with Gasteiger partial charge in [0, 0.05) is 30.4 Å². The van der Waals surface area contributed by atoms with Gasteiger partial charge < -0.3 is 9.64 Å². The second-order valence-corrected chi connectivity index (χ2v) is 6.54. The number of hydrogen-bond donors (Lipinski definition) is 1. The van der Waals surface area contributed by atoms with E-state index in [2.05, 4.69) is 10.2 Å². The van der Waals surface area contributed by atoms with Gasteiger partial charge in [0.25, 0.3) is 11.8 Å². The first-order valence-electron chi connectivity index (χ1n) is 9.49. The van der Waals surface area contributed by atoms with Gasteiger partial charge in [0.2, 0.25) is 0 Å². The summed E-state index contributed by atoms with van der Waals surface area (Å²) >= 11 is 0. The van der Waals surface area contributed by atoms with Crippen molar-refractivity contribution in [2.75, 3.05) is 30.0 Å². The van der Waals surface area contributed by atoms with Crippen molar-refractivity contribution in [3.05, 3.63) is 59.4 Å². The molecule has 2 aromatic rings. The molecule has 2 aromatic carbocycles. The molecule has 1 fully saturated rings. The summed E-state index contributed by atoms with van der Waals surface area (Å²) in [4.78, 5) is 40.4. The third-order valence-corrected chi connectivity index (χ3v) is 4.81. The lowest BCUT2D eigenvalue weighted by Gasteiger charge is -2.26. The molecule has 30 heavy (non-hydrogen) atoms. The Balaban J connectivity index is 2.02. The van der Waals surface area contributed by atoms with E-state index >= 15 is 0 Å². The average molecular weight is 411 g/mol. The Morgan fingerprint density at radius 2 is 1.83 bits per heavy atom. The van der Waals surface area contributed by atoms with Crippen molar-refractivity contribution in [1.29, 1.82) is 0 Å². The fraction of sp³-hybridized carbons (Fsp3) is 0.227. The largest absolute Gasteiger partial charge is 0.496 e. The molecule has 0 aliphatic carbocycles. The predicted octanol–water partition coefficient (Wildman–Crippen LogP) is 3.35. The summed E-state index contributed by atoms with van der Waals surface area (Å²) in [5, 5.41) is 2.12. The number of benzene rings is 2. The molecule has 1 saturated heterocycles. The minimum Gasteiger partial charge on any atom is -0.496 e. The number of amides is 4. The number of carbonyl (C=O) groups is 3. The normalized spacial score (nSPS) is 15.4. The number of anilines is 2. The van der Waals surface area contributed by atoms with E-state index in [1.807, 2.05) is 26.0 Å². The molecule has 1 aliphatic heterocycles. The quantitative estimate of drug-likeness (QED) is 0.583. The zero-order valence-corrected chi connectivity index (χ0v) is 16.9. The molecule has 8 heteroatoms. The molecule has 0 atom stereocenters. The molecule has 1 N–H and O–H groups in total. The topological polar surface area (TPSA) is 79.0 Å². The Bertz CT molecular complexity index is 1030. The van der Waals surface area contributed by atoms with Crippen LogP contribution in [-0.2, 0) is 9.59 Å². The molecule has 7 nitrogen and oxygen atoms in total. The molecule has 156 valence electrons. The van der Waals surface area contributed by atoms with E-state index in [0.29, 0.717) is 11.3 Å². The fourth-order valence-electron chi connectivity index (χ4n) is 3.27. The molecular formula is C22H22FN3O4. The lowest BCUT2D eigenvalue weighted by atomic mass is 10.1. The maximum Gasteiger partial charge on any atom is 0.335 e. The van der Waals surface area contributed by atoms with Crippen LogP contribution in [0.5, 0.6) is 5.75 Å². The van der Waals surface area contributed by atoms with E-state index in [1.165, 1.54) is 31.4 Å². The van der Waals surface area contributed by atoms with Gasteiger partial charge in [-0.1, -0.05) is 6.07 Å². The summed E-state index contributed by atoms with van der Waals surface area (Å²) in [6.45, 7) is 5.70. The van der Waals surface area contributed by atoms with Gasteiger partial charge in [-0.3, -0.25) is 14.9 Å². The van der Waals surface area contributed by atoms with Gasteiger partial charge in [0.05, 0.1) is 12.8 Å². The van der Waals surface area contributed by atoms with Gasteiger partial charge in [-0.25, -0.2) is 14.1 Å². The molecule has 0 spiro atoms. The number of carbonyl (C=O) groups excluding carboxylic acids is 3. The van der Waals surface area contributed by atoms with Crippen molar-refractivity contribution in [2.45, 2.75) is 13.8 Å². The van der Waals surface area contributed by atoms with Crippen LogP contribution >= 0.6 is 0 Å². The van der Waals surface area contributed by atoms with E-state index in [-0.39, 0.29) is 11.3 Å². The smallest absolute Gasteiger partial charge is 0.335 e. The van der Waals surface area contributed by atoms with E-state index < -0.39 is 23.7 Å². The van der Waals surface area contributed by atoms with Crippen LogP contribution in [0, 0.1) is 5.82 Å². The fourth-order valence-corrected chi connectivity index (χ4v) is 3.27. The summed E-state index contributed by atoms with van der Waals surface area (Å²) in [5.41, 5.74) is 1.21. The highest BCUT2D eigenvalue weighted by molar-refractivity contribution is 6.39. The molecule has 0 saturated carbocycles. The number of rotatable bonds is 6. The van der Waals surface area contributed by atoms with E-state index in [9.17, 15) is 18.8 Å². The molecule has 0 aromatic heterocycles. The maximum absolute atomic E-state index is 13.6. The van der Waals surface area contributed by atoms with Crippen LogP contribution in [-0.4, -0.2) is 38.0 Å². The first-order valence-corrected chi connectivity index (χ1v) is 9.49. The number of hydrogen-bond acceptors (Lipinski definition) is 5. The number of urea groups is 1. The molecular weight excluding hydrogens is 389 g/mol. The highest BCUT2D eigenvalue weighted by Crippen LogP contribution is 2.29. The number of methoxy groups -OCH3 is 1. The molecule has 4 amide bonds. The van der Waals surface area contributed by atoms with Crippen LogP contribution in [0.25, 0.3) is 6.08 Å². The van der Waals surface area contributed by atoms with Crippen LogP contribution in [0.2, 0.25) is 0 Å². The maximum atomic E-state index is 13.6. The lowest BCUT2D eigenvalue weighted by Crippen LogP contribution is -2.54. The van der Waals surface area contributed by atoms with Crippen LogP contribution in [0.1, 0.15) is 19.4 Å². The zero-order chi connectivity index (χ0) is 21.8. The molecule has 0 bridgehead atoms. The van der Waals surface area contributed by atoms with Crippen LogP contribution in [0.3, 0.4) is 0 Å². The van der Waals surface area contributed by atoms with Crippen molar-refractivity contribution >= 4 is 35.3 Å². The van der Waals surface area contributed by atoms with Crippen molar-refractivity contribution < 1.29 is 23.5 Å². The monoisotopic (exact) mass is 411 g/mol. The highest BCUT2D eigenvalue weighted by Gasteiger charge is 2.37. The lowest BCUT2D eigenvalue weighted by molar-refractivity contribution is -0.122. The average Bonchev–Trinajstić information content (AvgIpc) is 2.72. The number of halogens is 1. The zero-order valence-electron chi connectivity index (χ0n) is 16.9. The summed E-state index contributed by atoms with van der Waals surface area (Å²) in [6.07, 6.45) is 1.36. The van der Waals surface area contributed by atoms with Crippen molar-refractivity contribution in [2.24, 2.45) is 0 Å². The first kappa shape index (κ1) is 21.0. The Kier molecular flexibility index (Phi) is 6.15. The summed E-state index contributed by atoms with van der Waals surface area (Å²) in [6, 6.07) is 9.51. The number of barbiturate groups is 1. The standard InChI is InChI=1S/C22H22FN3O4/c1-4-25(5-2)16-10-9-14(19(13-16)30-3)11-18-20(27)24-22(29)26(21(18)28)17-8-6-7-15(23)12-17/h6-13H,4-5H2,1-3H3,(H,24,27,29)/b18-11+. The van der Waals surface area contributed by atoms with Gasteiger partial charge in [-0.15, -0.1) is 0 Å². The van der Waals surface area contributed by atoms with Crippen LogP contribution < -0.4 is 19.9 Å². The second kappa shape index (κ2) is 8.77. The van der Waals surface area contributed by atoms with E-state index in [4.69, 9.17) is 4.74 Å². The molecule has 3 rings (SSSR count). The predicted molar refractivity (Wildman–Crippen MR) is 112 cm³/mol. The number of nitrogens with one attached hydrogen (secondary N) is 1. The number of imide groups is 2. The molecule has 1 aliphatic rings. The molecule has 0 radical (unpaired) electrons. The van der Waals surface area contributed by atoms with Gasteiger partial charge >= 0.3 is 6.03 Å². The Hall–Kier alpha value is -3.68. The number of ether oxygens (including phenoxy) is 1. The van der Waals surface area contributed by atoms with Gasteiger partial charge in [0.15, 0.2) is 0 Å². The van der Waals surface area contributed by atoms with Gasteiger partial charge in [0.1, 0.15) is 17.1 Å². The summed E-state index contributed by atoms with van der Waals surface area (Å²) in [7, 11) is 1.49. The van der Waals surface area contributed by atoms with Crippen molar-refractivity contribution in [1.82, 2.24) is 5.32 Å². The van der Waals surface area contributed by atoms with E-state index in [0.717, 1.165) is 29.7 Å². The highest BCUT2D eigenvalue weighted by atomic mass is 19.1. The van der Waals surface area contributed by atoms with Gasteiger partial charge in [-0.2, -0.15) is 0 Å². The third-order valence-electron chi connectivity index (χ3n) is 4.81. The third kappa shape index (κ3) is 4.03. The SMILES string of the molecule is CCN(CC)c1ccc(/C=C2\C(=O)NC(=O)N(c3cccc(F)c3)C2=O)c(OC)c1. The number of nitrogens with zero attached hydrogens (tertiary/aromatic N) is 2. The Morgan fingerprint density at radius 1 is 1.10 bits per heavy atom. The van der Waals surface area contributed by atoms with Crippen LogP contribution in [0.4, 0.5) is 20.6 Å². The first-order chi connectivity index (χ1) is 14.4. The second-order valence-electron chi connectivity index (χ2n) is 6.54. The minimum atomic E-state index is -0.934. The van der Waals surface area contributed by atoms with E-state index in [1.54, 1.807) is 6.07 Å². The Morgan fingerprint density at radius 3 is 2.47 bits per heavy atom.